The van der Waals surface area contributed by atoms with E-state index >= 15 is 0 Å². The fourth-order valence-corrected chi connectivity index (χ4v) is 2.38. The Morgan fingerprint density at radius 2 is 1.92 bits per heavy atom. The summed E-state index contributed by atoms with van der Waals surface area (Å²) in [7, 11) is 0. The lowest BCUT2D eigenvalue weighted by Crippen LogP contribution is -2.27. The van der Waals surface area contributed by atoms with Gasteiger partial charge in [-0.25, -0.2) is 4.79 Å². The van der Waals surface area contributed by atoms with Gasteiger partial charge in [0.25, 0.3) is 0 Å². The van der Waals surface area contributed by atoms with Crippen LogP contribution in [0.5, 0.6) is 11.5 Å². The van der Waals surface area contributed by atoms with E-state index < -0.39 is 11.6 Å². The van der Waals surface area contributed by atoms with E-state index in [1.807, 2.05) is 0 Å². The maximum atomic E-state index is 12.4. The van der Waals surface area contributed by atoms with Crippen molar-refractivity contribution in [2.45, 2.75) is 26.4 Å². The van der Waals surface area contributed by atoms with E-state index in [9.17, 15) is 9.59 Å². The Hall–Kier alpha value is -3.15. The van der Waals surface area contributed by atoms with Gasteiger partial charge in [0.15, 0.2) is 12.4 Å². The number of Topliss-reactive ketones (excluding diaryl/α,β-unsaturated/α-hetero) is 1. The van der Waals surface area contributed by atoms with E-state index in [-0.39, 0.29) is 18.1 Å². The molecular weight excluding hydrogens is 334 g/mol. The molecule has 0 saturated carbocycles. The van der Waals surface area contributed by atoms with Crippen molar-refractivity contribution in [1.29, 1.82) is 0 Å². The molecule has 26 heavy (non-hydrogen) atoms. The Labute approximate surface area is 151 Å². The molecule has 134 valence electrons. The highest BCUT2D eigenvalue weighted by molar-refractivity contribution is 6.14. The lowest BCUT2D eigenvalue weighted by Gasteiger charge is -2.19. The number of ether oxygens (including phenoxy) is 3. The highest BCUT2D eigenvalue weighted by Crippen LogP contribution is 2.34. The van der Waals surface area contributed by atoms with Crippen LogP contribution in [0.3, 0.4) is 0 Å². The first-order valence-electron chi connectivity index (χ1n) is 8.15. The number of fused-ring (bicyclic) bond motifs is 1. The highest BCUT2D eigenvalue weighted by Gasteiger charge is 2.28. The number of carbonyl (C=O) groups excluding carboxylic acids is 2. The molecule has 3 rings (SSSR count). The Morgan fingerprint density at radius 1 is 1.19 bits per heavy atom. The van der Waals surface area contributed by atoms with Crippen molar-refractivity contribution in [3.05, 3.63) is 59.6 Å². The molecular formula is C20H19NO5. The second-order valence-electron chi connectivity index (χ2n) is 6.75. The Bertz CT molecular complexity index is 866. The van der Waals surface area contributed by atoms with Gasteiger partial charge in [-0.1, -0.05) is 0 Å². The summed E-state index contributed by atoms with van der Waals surface area (Å²) in [6.45, 7) is 5.15. The molecule has 0 saturated heterocycles. The van der Waals surface area contributed by atoms with Gasteiger partial charge in [0.2, 0.25) is 5.78 Å². The number of aromatic nitrogens is 1. The molecule has 0 spiro atoms. The lowest BCUT2D eigenvalue weighted by atomic mass is 10.1. The molecule has 0 unspecified atom stereocenters. The monoisotopic (exact) mass is 353 g/mol. The van der Waals surface area contributed by atoms with Crippen LogP contribution in [0.2, 0.25) is 0 Å². The van der Waals surface area contributed by atoms with Gasteiger partial charge in [-0.05, 0) is 56.7 Å². The quantitative estimate of drug-likeness (QED) is 0.619. The zero-order valence-electron chi connectivity index (χ0n) is 14.8. The van der Waals surface area contributed by atoms with Gasteiger partial charge in [0.05, 0.1) is 5.56 Å². The topological polar surface area (TPSA) is 74.7 Å². The van der Waals surface area contributed by atoms with E-state index in [0.29, 0.717) is 17.1 Å². The van der Waals surface area contributed by atoms with Crippen molar-refractivity contribution in [3.63, 3.8) is 0 Å². The molecule has 1 aliphatic rings. The zero-order chi connectivity index (χ0) is 18.7. The number of esters is 1. The van der Waals surface area contributed by atoms with Crippen molar-refractivity contribution in [2.75, 3.05) is 6.61 Å². The first-order valence-corrected chi connectivity index (χ1v) is 8.15. The Kier molecular flexibility index (Phi) is 4.75. The summed E-state index contributed by atoms with van der Waals surface area (Å²) < 4.78 is 16.3. The Balaban J connectivity index is 1.70. The van der Waals surface area contributed by atoms with Crippen molar-refractivity contribution in [1.82, 2.24) is 4.98 Å². The maximum absolute atomic E-state index is 12.4. The molecule has 1 aromatic carbocycles. The molecule has 0 atom stereocenters. The number of hydrogen-bond acceptors (Lipinski definition) is 6. The second-order valence-corrected chi connectivity index (χ2v) is 6.75. The Morgan fingerprint density at radius 3 is 2.62 bits per heavy atom. The van der Waals surface area contributed by atoms with Gasteiger partial charge in [0, 0.05) is 18.5 Å². The fraction of sp³-hybridized carbons (Fsp3) is 0.250. The van der Waals surface area contributed by atoms with Crippen LogP contribution >= 0.6 is 0 Å². The maximum Gasteiger partial charge on any atom is 0.344 e. The average Bonchev–Trinajstić information content (AvgIpc) is 2.88. The van der Waals surface area contributed by atoms with Crippen molar-refractivity contribution in [2.24, 2.45) is 0 Å². The largest absolute Gasteiger partial charge is 0.482 e. The van der Waals surface area contributed by atoms with Gasteiger partial charge in [0.1, 0.15) is 17.1 Å². The summed E-state index contributed by atoms with van der Waals surface area (Å²) in [6, 6.07) is 8.39. The van der Waals surface area contributed by atoms with Crippen molar-refractivity contribution in [3.8, 4) is 11.5 Å². The molecule has 2 aromatic rings. The fourth-order valence-electron chi connectivity index (χ4n) is 2.38. The standard InChI is InChI=1S/C20H19NO5/c1-20(2,3)26-18(22)12-24-14-4-5-15-16(11-14)25-17(19(15)23)10-13-6-8-21-9-7-13/h4-11H,12H2,1-3H3/b17-10-. The second kappa shape index (κ2) is 7.00. The zero-order valence-corrected chi connectivity index (χ0v) is 14.8. The summed E-state index contributed by atoms with van der Waals surface area (Å²) in [5.74, 6) is 0.392. The molecule has 6 nitrogen and oxygen atoms in total. The van der Waals surface area contributed by atoms with Crippen LogP contribution in [0.1, 0.15) is 36.7 Å². The molecule has 0 N–H and O–H groups in total. The number of pyridine rings is 1. The molecule has 0 amide bonds. The first kappa shape index (κ1) is 17.7. The minimum absolute atomic E-state index is 0.199. The first-order chi connectivity index (χ1) is 12.3. The third kappa shape index (κ3) is 4.27. The molecule has 6 heteroatoms. The van der Waals surface area contributed by atoms with Crippen LogP contribution in [0, 0.1) is 0 Å². The van der Waals surface area contributed by atoms with E-state index in [4.69, 9.17) is 14.2 Å². The van der Waals surface area contributed by atoms with E-state index in [2.05, 4.69) is 4.98 Å². The normalized spacial score (nSPS) is 14.7. The van der Waals surface area contributed by atoms with Crippen LogP contribution in [-0.2, 0) is 9.53 Å². The number of nitrogens with zero attached hydrogens (tertiary/aromatic N) is 1. The van der Waals surface area contributed by atoms with Crippen molar-refractivity contribution < 1.29 is 23.8 Å². The molecule has 0 radical (unpaired) electrons. The number of rotatable bonds is 4. The molecule has 0 fully saturated rings. The molecule has 2 heterocycles. The minimum Gasteiger partial charge on any atom is -0.482 e. The predicted molar refractivity (Wildman–Crippen MR) is 95.0 cm³/mol. The van der Waals surface area contributed by atoms with E-state index in [1.54, 1.807) is 69.6 Å². The number of allylic oxidation sites excluding steroid dienone is 1. The van der Waals surface area contributed by atoms with Gasteiger partial charge in [-0.2, -0.15) is 0 Å². The van der Waals surface area contributed by atoms with Gasteiger partial charge >= 0.3 is 5.97 Å². The smallest absolute Gasteiger partial charge is 0.344 e. The average molecular weight is 353 g/mol. The summed E-state index contributed by atoms with van der Waals surface area (Å²) in [4.78, 5) is 28.1. The SMILES string of the molecule is CC(C)(C)OC(=O)COc1ccc2c(c1)O/C(=C\c1ccncc1)C2=O. The minimum atomic E-state index is -0.569. The lowest BCUT2D eigenvalue weighted by molar-refractivity contribution is -0.157. The third-order valence-electron chi connectivity index (χ3n) is 3.42. The van der Waals surface area contributed by atoms with Crippen LogP contribution in [0.25, 0.3) is 6.08 Å². The number of carbonyl (C=O) groups is 2. The third-order valence-corrected chi connectivity index (χ3v) is 3.42. The highest BCUT2D eigenvalue weighted by atomic mass is 16.6. The van der Waals surface area contributed by atoms with Gasteiger partial charge < -0.3 is 14.2 Å². The van der Waals surface area contributed by atoms with Crippen LogP contribution < -0.4 is 9.47 Å². The molecule has 0 aliphatic carbocycles. The summed E-state index contributed by atoms with van der Waals surface area (Å²) in [5.41, 5.74) is 0.702. The molecule has 1 aromatic heterocycles. The predicted octanol–water partition coefficient (Wildman–Crippen LogP) is 3.42. The van der Waals surface area contributed by atoms with Crippen LogP contribution in [0.15, 0.2) is 48.5 Å². The molecule has 0 bridgehead atoms. The summed E-state index contributed by atoms with van der Waals surface area (Å²) in [6.07, 6.45) is 4.94. The van der Waals surface area contributed by atoms with Crippen LogP contribution in [0.4, 0.5) is 0 Å². The van der Waals surface area contributed by atoms with Crippen LogP contribution in [-0.4, -0.2) is 28.9 Å². The number of benzene rings is 1. The van der Waals surface area contributed by atoms with Crippen molar-refractivity contribution >= 4 is 17.8 Å². The number of hydrogen-bond donors (Lipinski definition) is 0. The van der Waals surface area contributed by atoms with Gasteiger partial charge in [-0.15, -0.1) is 0 Å². The molecule has 1 aliphatic heterocycles. The van der Waals surface area contributed by atoms with Gasteiger partial charge in [-0.3, -0.25) is 9.78 Å². The summed E-state index contributed by atoms with van der Waals surface area (Å²) in [5, 5.41) is 0. The number of ketones is 1. The van der Waals surface area contributed by atoms with E-state index in [1.165, 1.54) is 0 Å². The summed E-state index contributed by atoms with van der Waals surface area (Å²) >= 11 is 0. The van der Waals surface area contributed by atoms with E-state index in [0.717, 1.165) is 5.56 Å².